The molecule has 0 rings (SSSR count). The highest BCUT2D eigenvalue weighted by Crippen LogP contribution is 2.00. The van der Waals surface area contributed by atoms with Crippen molar-refractivity contribution >= 4 is 12.1 Å². The number of hydrogen-bond acceptors (Lipinski definition) is 3. The third-order valence-corrected chi connectivity index (χ3v) is 1.08. The lowest BCUT2D eigenvalue weighted by atomic mass is 10.2. The van der Waals surface area contributed by atoms with E-state index in [0.29, 0.717) is 0 Å². The van der Waals surface area contributed by atoms with Gasteiger partial charge in [0.05, 0.1) is 0 Å². The molecule has 0 bridgehead atoms. The fourth-order valence-corrected chi connectivity index (χ4v) is 0.584. The van der Waals surface area contributed by atoms with Crippen molar-refractivity contribution in [3.63, 3.8) is 0 Å². The number of carbonyl (C=O) groups excluding carboxylic acids is 1. The van der Waals surface area contributed by atoms with Crippen LogP contribution in [0.2, 0.25) is 0 Å². The van der Waals surface area contributed by atoms with Crippen molar-refractivity contribution in [3.8, 4) is 0 Å². The highest BCUT2D eigenvalue weighted by atomic mass is 16.6. The van der Waals surface area contributed by atoms with Gasteiger partial charge in [0, 0.05) is 6.42 Å². The molecule has 1 unspecified atom stereocenters. The van der Waals surface area contributed by atoms with Crippen LogP contribution in [0.25, 0.3) is 0 Å². The molecule has 1 atom stereocenters. The summed E-state index contributed by atoms with van der Waals surface area (Å²) in [4.78, 5) is 20.1. The first-order valence-corrected chi connectivity index (χ1v) is 3.20. The van der Waals surface area contributed by atoms with Gasteiger partial charge >= 0.3 is 12.1 Å². The molecule has 0 heterocycles. The molecule has 64 valence electrons. The smallest absolute Gasteiger partial charge is 0.404 e. The molecule has 0 aromatic rings. The Hall–Kier alpha value is -1.26. The number of rotatable bonds is 4. The van der Waals surface area contributed by atoms with Crippen molar-refractivity contribution in [3.05, 3.63) is 0 Å². The molecule has 0 aliphatic heterocycles. The molecule has 0 aromatic carbocycles. The molecular weight excluding hydrogens is 150 g/mol. The Morgan fingerprint density at radius 2 is 2.18 bits per heavy atom. The quantitative estimate of drug-likeness (QED) is 0.621. The van der Waals surface area contributed by atoms with Crippen molar-refractivity contribution in [2.75, 3.05) is 0 Å². The van der Waals surface area contributed by atoms with E-state index in [9.17, 15) is 9.59 Å². The Kier molecular flexibility index (Phi) is 4.02. The fraction of sp³-hybridized carbons (Fsp3) is 0.667. The Labute approximate surface area is 64.1 Å². The van der Waals surface area contributed by atoms with Crippen LogP contribution in [0.15, 0.2) is 0 Å². The Balaban J connectivity index is 3.44. The average Bonchev–Trinajstić information content (AvgIpc) is 1.82. The van der Waals surface area contributed by atoms with Crippen molar-refractivity contribution in [2.45, 2.75) is 25.9 Å². The molecule has 0 spiro atoms. The van der Waals surface area contributed by atoms with E-state index in [0.717, 1.165) is 0 Å². The summed E-state index contributed by atoms with van der Waals surface area (Å²) in [5.41, 5.74) is 4.69. The summed E-state index contributed by atoms with van der Waals surface area (Å²) in [6.07, 6.45) is -1.03. The van der Waals surface area contributed by atoms with Crippen molar-refractivity contribution < 1.29 is 19.4 Å². The average molecular weight is 161 g/mol. The fourth-order valence-electron chi connectivity index (χ4n) is 0.584. The minimum atomic E-state index is -0.912. The molecule has 0 aromatic heterocycles. The molecule has 3 N–H and O–H groups in total. The lowest BCUT2D eigenvalue weighted by molar-refractivity contribution is -0.137. The van der Waals surface area contributed by atoms with Crippen LogP contribution in [0.3, 0.4) is 0 Å². The minimum absolute atomic E-state index is 0.0194. The van der Waals surface area contributed by atoms with E-state index in [-0.39, 0.29) is 12.8 Å². The normalized spacial score (nSPS) is 12.1. The van der Waals surface area contributed by atoms with Gasteiger partial charge in [-0.2, -0.15) is 0 Å². The van der Waals surface area contributed by atoms with Gasteiger partial charge in [-0.05, 0) is 13.3 Å². The molecule has 11 heavy (non-hydrogen) atoms. The lowest BCUT2D eigenvalue weighted by Crippen LogP contribution is -2.20. The number of carboxylic acid groups (broad SMARTS) is 1. The van der Waals surface area contributed by atoms with Gasteiger partial charge in [0.25, 0.3) is 0 Å². The van der Waals surface area contributed by atoms with E-state index in [1.165, 1.54) is 0 Å². The van der Waals surface area contributed by atoms with Gasteiger partial charge in [-0.1, -0.05) is 0 Å². The maximum absolute atomic E-state index is 10.1. The van der Waals surface area contributed by atoms with Crippen LogP contribution in [0.1, 0.15) is 19.8 Å². The number of primary amides is 1. The summed E-state index contributed by atoms with van der Waals surface area (Å²) in [5, 5.41) is 8.22. The first-order chi connectivity index (χ1) is 5.02. The molecule has 5 heteroatoms. The van der Waals surface area contributed by atoms with E-state index in [1.807, 2.05) is 0 Å². The number of ether oxygens (including phenoxy) is 1. The largest absolute Gasteiger partial charge is 0.481 e. The van der Waals surface area contributed by atoms with Crippen LogP contribution in [-0.2, 0) is 9.53 Å². The zero-order valence-electron chi connectivity index (χ0n) is 6.24. The zero-order valence-corrected chi connectivity index (χ0v) is 6.24. The van der Waals surface area contributed by atoms with Crippen molar-refractivity contribution in [1.29, 1.82) is 0 Å². The SMILES string of the molecule is CC(CCC(=O)O)OC(N)=O. The van der Waals surface area contributed by atoms with Crippen molar-refractivity contribution in [2.24, 2.45) is 5.73 Å². The van der Waals surface area contributed by atoms with Crippen LogP contribution in [0.5, 0.6) is 0 Å². The van der Waals surface area contributed by atoms with Gasteiger partial charge in [0.15, 0.2) is 0 Å². The summed E-state index contributed by atoms with van der Waals surface area (Å²) in [6.45, 7) is 1.59. The predicted octanol–water partition coefficient (Wildman–Crippen LogP) is 0.335. The van der Waals surface area contributed by atoms with Gasteiger partial charge in [0.2, 0.25) is 0 Å². The van der Waals surface area contributed by atoms with Crippen LogP contribution in [0, 0.1) is 0 Å². The number of hydrogen-bond donors (Lipinski definition) is 2. The summed E-state index contributed by atoms with van der Waals surface area (Å²) in [7, 11) is 0. The highest BCUT2D eigenvalue weighted by molar-refractivity contribution is 5.67. The van der Waals surface area contributed by atoms with E-state index < -0.39 is 18.2 Å². The first-order valence-electron chi connectivity index (χ1n) is 3.20. The number of nitrogens with two attached hydrogens (primary N) is 1. The zero-order chi connectivity index (χ0) is 8.85. The summed E-state index contributed by atoms with van der Waals surface area (Å²) in [5.74, 6) is -0.912. The van der Waals surface area contributed by atoms with E-state index in [1.54, 1.807) is 6.92 Å². The standard InChI is InChI=1S/C6H11NO4/c1-4(11-6(7)10)2-3-5(8)9/h4H,2-3H2,1H3,(H2,7,10)(H,8,9). The third kappa shape index (κ3) is 6.63. The molecule has 0 saturated carbocycles. The highest BCUT2D eigenvalue weighted by Gasteiger charge is 2.07. The molecule has 0 aliphatic rings. The maximum Gasteiger partial charge on any atom is 0.404 e. The molecule has 0 fully saturated rings. The van der Waals surface area contributed by atoms with Crippen LogP contribution in [0.4, 0.5) is 4.79 Å². The van der Waals surface area contributed by atoms with Crippen LogP contribution in [-0.4, -0.2) is 23.3 Å². The summed E-state index contributed by atoms with van der Waals surface area (Å²) >= 11 is 0. The Morgan fingerprint density at radius 1 is 1.64 bits per heavy atom. The second-order valence-electron chi connectivity index (χ2n) is 2.18. The van der Waals surface area contributed by atoms with E-state index >= 15 is 0 Å². The Bertz CT molecular complexity index is 157. The molecule has 0 radical (unpaired) electrons. The summed E-state index contributed by atoms with van der Waals surface area (Å²) in [6, 6.07) is 0. The number of carboxylic acids is 1. The number of carbonyl (C=O) groups is 2. The van der Waals surface area contributed by atoms with Gasteiger partial charge in [0.1, 0.15) is 6.10 Å². The Morgan fingerprint density at radius 3 is 2.55 bits per heavy atom. The summed E-state index contributed by atoms with van der Waals surface area (Å²) < 4.78 is 4.48. The first kappa shape index (κ1) is 9.74. The third-order valence-electron chi connectivity index (χ3n) is 1.08. The maximum atomic E-state index is 10.1. The monoisotopic (exact) mass is 161 g/mol. The second kappa shape index (κ2) is 4.54. The van der Waals surface area contributed by atoms with Gasteiger partial charge in [-0.3, -0.25) is 4.79 Å². The predicted molar refractivity (Wildman–Crippen MR) is 37.0 cm³/mol. The molecule has 1 amide bonds. The van der Waals surface area contributed by atoms with Gasteiger partial charge in [-0.25, -0.2) is 4.79 Å². The lowest BCUT2D eigenvalue weighted by Gasteiger charge is -2.08. The van der Waals surface area contributed by atoms with Crippen molar-refractivity contribution in [1.82, 2.24) is 0 Å². The van der Waals surface area contributed by atoms with E-state index in [2.05, 4.69) is 4.74 Å². The molecular formula is C6H11NO4. The van der Waals surface area contributed by atoms with Crippen LogP contribution < -0.4 is 5.73 Å². The topological polar surface area (TPSA) is 89.6 Å². The second-order valence-corrected chi connectivity index (χ2v) is 2.18. The number of aliphatic carboxylic acids is 1. The minimum Gasteiger partial charge on any atom is -0.481 e. The molecule has 0 saturated heterocycles. The molecule has 5 nitrogen and oxygen atoms in total. The van der Waals surface area contributed by atoms with E-state index in [4.69, 9.17) is 10.8 Å². The van der Waals surface area contributed by atoms with Gasteiger partial charge in [-0.15, -0.1) is 0 Å². The van der Waals surface area contributed by atoms with Crippen LogP contribution >= 0.6 is 0 Å². The molecule has 0 aliphatic carbocycles. The van der Waals surface area contributed by atoms with Gasteiger partial charge < -0.3 is 15.6 Å². The number of amides is 1.